The summed E-state index contributed by atoms with van der Waals surface area (Å²) in [4.78, 5) is 17.4. The number of nitrogens with zero attached hydrogens (tertiary/aromatic N) is 2. The number of hydrogen-bond acceptors (Lipinski definition) is 3. The molecular weight excluding hydrogens is 386 g/mol. The summed E-state index contributed by atoms with van der Waals surface area (Å²) in [5, 5.41) is 3.11. The SMILES string of the molecule is CC(NC(=O)CCc1ccccc1)c1nc2ccccc2n1CCOc1ccccc1. The summed E-state index contributed by atoms with van der Waals surface area (Å²) in [6.45, 7) is 3.15. The Morgan fingerprint density at radius 1 is 0.968 bits per heavy atom. The Hall–Kier alpha value is -3.60. The number of rotatable bonds is 9. The van der Waals surface area contributed by atoms with Gasteiger partial charge in [-0.1, -0.05) is 60.7 Å². The number of hydrogen-bond donors (Lipinski definition) is 1. The van der Waals surface area contributed by atoms with Crippen LogP contribution in [0.4, 0.5) is 0 Å². The predicted molar refractivity (Wildman–Crippen MR) is 123 cm³/mol. The van der Waals surface area contributed by atoms with Gasteiger partial charge in [0, 0.05) is 6.42 Å². The van der Waals surface area contributed by atoms with E-state index in [4.69, 9.17) is 9.72 Å². The molecule has 4 aromatic rings. The van der Waals surface area contributed by atoms with E-state index in [-0.39, 0.29) is 11.9 Å². The van der Waals surface area contributed by atoms with E-state index < -0.39 is 0 Å². The highest BCUT2D eigenvalue weighted by molar-refractivity contribution is 5.78. The van der Waals surface area contributed by atoms with Gasteiger partial charge in [0.1, 0.15) is 18.2 Å². The largest absolute Gasteiger partial charge is 0.492 e. The van der Waals surface area contributed by atoms with Crippen molar-refractivity contribution in [3.63, 3.8) is 0 Å². The van der Waals surface area contributed by atoms with E-state index >= 15 is 0 Å². The Morgan fingerprint density at radius 3 is 2.42 bits per heavy atom. The van der Waals surface area contributed by atoms with Crippen LogP contribution in [0.25, 0.3) is 11.0 Å². The lowest BCUT2D eigenvalue weighted by atomic mass is 10.1. The van der Waals surface area contributed by atoms with E-state index in [9.17, 15) is 4.79 Å². The fourth-order valence-corrected chi connectivity index (χ4v) is 3.71. The first-order valence-corrected chi connectivity index (χ1v) is 10.7. The Bertz CT molecular complexity index is 1120. The van der Waals surface area contributed by atoms with E-state index in [0.717, 1.165) is 34.6 Å². The number of ether oxygens (including phenoxy) is 1. The molecule has 1 N–H and O–H groups in total. The molecule has 0 saturated heterocycles. The summed E-state index contributed by atoms with van der Waals surface area (Å²) in [6, 6.07) is 27.7. The first-order chi connectivity index (χ1) is 15.2. The minimum Gasteiger partial charge on any atom is -0.492 e. The molecule has 1 unspecified atom stereocenters. The highest BCUT2D eigenvalue weighted by atomic mass is 16.5. The van der Waals surface area contributed by atoms with Crippen molar-refractivity contribution < 1.29 is 9.53 Å². The number of nitrogens with one attached hydrogen (secondary N) is 1. The number of imidazole rings is 1. The summed E-state index contributed by atoms with van der Waals surface area (Å²) < 4.78 is 8.03. The second-order valence-electron chi connectivity index (χ2n) is 7.55. The highest BCUT2D eigenvalue weighted by Crippen LogP contribution is 2.21. The van der Waals surface area contributed by atoms with Crippen molar-refractivity contribution in [3.8, 4) is 5.75 Å². The number of aryl methyl sites for hydroxylation is 1. The van der Waals surface area contributed by atoms with Gasteiger partial charge in [-0.05, 0) is 43.2 Å². The molecule has 5 nitrogen and oxygen atoms in total. The summed E-state index contributed by atoms with van der Waals surface area (Å²) in [6.07, 6.45) is 1.17. The van der Waals surface area contributed by atoms with E-state index in [2.05, 4.69) is 16.0 Å². The molecule has 0 spiro atoms. The molecule has 0 aliphatic carbocycles. The van der Waals surface area contributed by atoms with Crippen molar-refractivity contribution in [1.82, 2.24) is 14.9 Å². The average molecular weight is 414 g/mol. The van der Waals surface area contributed by atoms with Crippen molar-refractivity contribution >= 4 is 16.9 Å². The molecule has 1 heterocycles. The van der Waals surface area contributed by atoms with E-state index in [0.29, 0.717) is 19.6 Å². The molecule has 0 aliphatic heterocycles. The van der Waals surface area contributed by atoms with Crippen LogP contribution in [0.15, 0.2) is 84.9 Å². The number of benzene rings is 3. The second-order valence-corrected chi connectivity index (χ2v) is 7.55. The van der Waals surface area contributed by atoms with Gasteiger partial charge in [-0.15, -0.1) is 0 Å². The van der Waals surface area contributed by atoms with Crippen molar-refractivity contribution in [3.05, 3.63) is 96.3 Å². The van der Waals surface area contributed by atoms with E-state index in [1.807, 2.05) is 85.8 Å². The standard InChI is InChI=1S/C26H27N3O2/c1-20(27-25(30)17-16-21-10-4-2-5-11-21)26-28-23-14-8-9-15-24(23)29(26)18-19-31-22-12-6-3-7-13-22/h2-15,20H,16-19H2,1H3,(H,27,30). The zero-order valence-electron chi connectivity index (χ0n) is 17.7. The first kappa shape index (κ1) is 20.7. The maximum atomic E-state index is 12.6. The number of fused-ring (bicyclic) bond motifs is 1. The maximum absolute atomic E-state index is 12.6. The number of amides is 1. The van der Waals surface area contributed by atoms with Crippen LogP contribution in [0.2, 0.25) is 0 Å². The molecule has 3 aromatic carbocycles. The summed E-state index contributed by atoms with van der Waals surface area (Å²) in [5.41, 5.74) is 3.12. The third kappa shape index (κ3) is 5.31. The molecular formula is C26H27N3O2. The zero-order valence-corrected chi connectivity index (χ0v) is 17.7. The average Bonchev–Trinajstić information content (AvgIpc) is 3.18. The van der Waals surface area contributed by atoms with Gasteiger partial charge in [-0.3, -0.25) is 4.79 Å². The zero-order chi connectivity index (χ0) is 21.5. The van der Waals surface area contributed by atoms with Gasteiger partial charge >= 0.3 is 0 Å². The molecule has 5 heteroatoms. The number of para-hydroxylation sites is 3. The molecule has 0 bridgehead atoms. The quantitative estimate of drug-likeness (QED) is 0.423. The maximum Gasteiger partial charge on any atom is 0.220 e. The predicted octanol–water partition coefficient (Wildman–Crippen LogP) is 4.93. The van der Waals surface area contributed by atoms with Crippen LogP contribution in [0.3, 0.4) is 0 Å². The number of carbonyl (C=O) groups excluding carboxylic acids is 1. The topological polar surface area (TPSA) is 56.2 Å². The van der Waals surface area contributed by atoms with Crippen LogP contribution in [0, 0.1) is 0 Å². The molecule has 158 valence electrons. The molecule has 1 amide bonds. The summed E-state index contributed by atoms with van der Waals surface area (Å²) >= 11 is 0. The first-order valence-electron chi connectivity index (χ1n) is 10.7. The smallest absolute Gasteiger partial charge is 0.220 e. The van der Waals surface area contributed by atoms with Crippen molar-refractivity contribution in [2.45, 2.75) is 32.4 Å². The molecule has 0 aliphatic rings. The van der Waals surface area contributed by atoms with Gasteiger partial charge in [0.25, 0.3) is 0 Å². The molecule has 0 saturated carbocycles. The Kier molecular flexibility index (Phi) is 6.62. The van der Waals surface area contributed by atoms with Crippen LogP contribution in [0.5, 0.6) is 5.75 Å². The van der Waals surface area contributed by atoms with Crippen LogP contribution < -0.4 is 10.1 Å². The van der Waals surface area contributed by atoms with Gasteiger partial charge in [-0.2, -0.15) is 0 Å². The van der Waals surface area contributed by atoms with E-state index in [1.54, 1.807) is 0 Å². The van der Waals surface area contributed by atoms with Crippen molar-refractivity contribution in [1.29, 1.82) is 0 Å². The minimum absolute atomic E-state index is 0.0236. The third-order valence-electron chi connectivity index (χ3n) is 5.26. The van der Waals surface area contributed by atoms with Crippen LogP contribution >= 0.6 is 0 Å². The lowest BCUT2D eigenvalue weighted by molar-refractivity contribution is -0.121. The Morgan fingerprint density at radius 2 is 1.65 bits per heavy atom. The fourth-order valence-electron chi connectivity index (χ4n) is 3.71. The summed E-state index contributed by atoms with van der Waals surface area (Å²) in [7, 11) is 0. The molecule has 0 radical (unpaired) electrons. The minimum atomic E-state index is -0.201. The Labute approximate surface area is 182 Å². The lowest BCUT2D eigenvalue weighted by Crippen LogP contribution is -2.29. The second kappa shape index (κ2) is 9.94. The monoisotopic (exact) mass is 413 g/mol. The van der Waals surface area contributed by atoms with Crippen molar-refractivity contribution in [2.75, 3.05) is 6.61 Å². The van der Waals surface area contributed by atoms with Gasteiger partial charge in [0.2, 0.25) is 5.91 Å². The molecule has 0 fully saturated rings. The van der Waals surface area contributed by atoms with Crippen molar-refractivity contribution in [2.24, 2.45) is 0 Å². The molecule has 1 atom stereocenters. The Balaban J connectivity index is 1.44. The fraction of sp³-hybridized carbons (Fsp3) is 0.231. The lowest BCUT2D eigenvalue weighted by Gasteiger charge is -2.17. The normalized spacial score (nSPS) is 11.9. The number of aromatic nitrogens is 2. The third-order valence-corrected chi connectivity index (χ3v) is 5.26. The van der Waals surface area contributed by atoms with Crippen LogP contribution in [0.1, 0.15) is 30.8 Å². The molecule has 1 aromatic heterocycles. The van der Waals surface area contributed by atoms with Gasteiger partial charge in [0.15, 0.2) is 0 Å². The van der Waals surface area contributed by atoms with E-state index in [1.165, 1.54) is 0 Å². The summed E-state index contributed by atoms with van der Waals surface area (Å²) in [5.74, 6) is 1.71. The van der Waals surface area contributed by atoms with Gasteiger partial charge < -0.3 is 14.6 Å². The van der Waals surface area contributed by atoms with Crippen LogP contribution in [-0.2, 0) is 17.8 Å². The molecule has 4 rings (SSSR count). The highest BCUT2D eigenvalue weighted by Gasteiger charge is 2.18. The van der Waals surface area contributed by atoms with Crippen LogP contribution in [-0.4, -0.2) is 22.1 Å². The van der Waals surface area contributed by atoms with Gasteiger partial charge in [-0.25, -0.2) is 4.98 Å². The molecule has 31 heavy (non-hydrogen) atoms. The number of carbonyl (C=O) groups is 1. The van der Waals surface area contributed by atoms with Gasteiger partial charge in [0.05, 0.1) is 23.6 Å².